The number of carbonyl (C=O) groups is 1. The monoisotopic (exact) mass is 292 g/mol. The zero-order chi connectivity index (χ0) is 15.7. The molecule has 22 heavy (non-hydrogen) atoms. The van der Waals surface area contributed by atoms with E-state index in [1.54, 1.807) is 6.07 Å². The molecule has 1 aromatic heterocycles. The number of aryl methyl sites for hydroxylation is 2. The number of hydrogen-bond donors (Lipinski definition) is 0. The first-order valence-corrected chi connectivity index (χ1v) is 7.01. The lowest BCUT2D eigenvalue weighted by molar-refractivity contribution is 0.0601. The van der Waals surface area contributed by atoms with E-state index in [-0.39, 0.29) is 5.97 Å². The zero-order valence-corrected chi connectivity index (χ0v) is 12.8. The highest BCUT2D eigenvalue weighted by Crippen LogP contribution is 2.27. The standard InChI is InChI=1S/C18H16N2O2/c1-11-4-5-14(18(21)22-3)9-16(11)13-6-7-17-15(8-13)10-19-12(2)20-17/h4-10H,1-3H3. The summed E-state index contributed by atoms with van der Waals surface area (Å²) in [6.07, 6.45) is 1.82. The summed E-state index contributed by atoms with van der Waals surface area (Å²) in [4.78, 5) is 20.4. The second kappa shape index (κ2) is 5.56. The minimum Gasteiger partial charge on any atom is -0.465 e. The van der Waals surface area contributed by atoms with Crippen molar-refractivity contribution in [2.45, 2.75) is 13.8 Å². The number of fused-ring (bicyclic) bond motifs is 1. The van der Waals surface area contributed by atoms with E-state index < -0.39 is 0 Å². The summed E-state index contributed by atoms with van der Waals surface area (Å²) < 4.78 is 4.79. The van der Waals surface area contributed by atoms with Crippen LogP contribution in [-0.4, -0.2) is 23.0 Å². The molecule has 0 aliphatic heterocycles. The van der Waals surface area contributed by atoms with Crippen LogP contribution >= 0.6 is 0 Å². The van der Waals surface area contributed by atoms with Gasteiger partial charge in [-0.25, -0.2) is 14.8 Å². The third-order valence-corrected chi connectivity index (χ3v) is 3.67. The van der Waals surface area contributed by atoms with Crippen molar-refractivity contribution in [3.05, 3.63) is 59.5 Å². The summed E-state index contributed by atoms with van der Waals surface area (Å²) in [5.41, 5.74) is 4.59. The minimum absolute atomic E-state index is 0.332. The average molecular weight is 292 g/mol. The maximum Gasteiger partial charge on any atom is 0.337 e. The van der Waals surface area contributed by atoms with Crippen LogP contribution in [-0.2, 0) is 4.74 Å². The highest BCUT2D eigenvalue weighted by Gasteiger charge is 2.10. The fraction of sp³-hybridized carbons (Fsp3) is 0.167. The number of nitrogens with zero attached hydrogens (tertiary/aromatic N) is 2. The summed E-state index contributed by atoms with van der Waals surface area (Å²) in [5.74, 6) is 0.421. The summed E-state index contributed by atoms with van der Waals surface area (Å²) in [5, 5.41) is 0.978. The van der Waals surface area contributed by atoms with Crippen LogP contribution in [0.15, 0.2) is 42.6 Å². The number of benzene rings is 2. The van der Waals surface area contributed by atoms with E-state index in [2.05, 4.69) is 9.97 Å². The number of ether oxygens (including phenoxy) is 1. The van der Waals surface area contributed by atoms with Gasteiger partial charge < -0.3 is 4.74 Å². The predicted molar refractivity (Wildman–Crippen MR) is 85.8 cm³/mol. The van der Waals surface area contributed by atoms with Crippen molar-refractivity contribution >= 4 is 16.9 Å². The second-order valence-electron chi connectivity index (χ2n) is 5.21. The quantitative estimate of drug-likeness (QED) is 0.676. The SMILES string of the molecule is COC(=O)c1ccc(C)c(-c2ccc3nc(C)ncc3c2)c1. The largest absolute Gasteiger partial charge is 0.465 e. The van der Waals surface area contributed by atoms with Gasteiger partial charge in [-0.2, -0.15) is 0 Å². The lowest BCUT2D eigenvalue weighted by Gasteiger charge is -2.09. The van der Waals surface area contributed by atoms with Crippen LogP contribution in [0.1, 0.15) is 21.7 Å². The fourth-order valence-corrected chi connectivity index (χ4v) is 2.47. The first kappa shape index (κ1) is 14.2. The van der Waals surface area contributed by atoms with Gasteiger partial charge in [0.05, 0.1) is 18.2 Å². The molecule has 3 aromatic rings. The Morgan fingerprint density at radius 3 is 2.68 bits per heavy atom. The Kier molecular flexibility index (Phi) is 3.59. The Morgan fingerprint density at radius 1 is 1.09 bits per heavy atom. The van der Waals surface area contributed by atoms with E-state index in [9.17, 15) is 4.79 Å². The molecule has 2 aromatic carbocycles. The van der Waals surface area contributed by atoms with Crippen molar-refractivity contribution in [3.63, 3.8) is 0 Å². The smallest absolute Gasteiger partial charge is 0.337 e. The molecule has 4 nitrogen and oxygen atoms in total. The molecule has 0 spiro atoms. The molecule has 4 heteroatoms. The van der Waals surface area contributed by atoms with Crippen LogP contribution in [0.2, 0.25) is 0 Å². The van der Waals surface area contributed by atoms with Crippen molar-refractivity contribution in [2.75, 3.05) is 7.11 Å². The molecule has 1 heterocycles. The zero-order valence-electron chi connectivity index (χ0n) is 12.8. The molecule has 0 fully saturated rings. The second-order valence-corrected chi connectivity index (χ2v) is 5.21. The van der Waals surface area contributed by atoms with Crippen LogP contribution in [0.3, 0.4) is 0 Å². The number of rotatable bonds is 2. The van der Waals surface area contributed by atoms with Gasteiger partial charge in [-0.3, -0.25) is 0 Å². The van der Waals surface area contributed by atoms with E-state index >= 15 is 0 Å². The summed E-state index contributed by atoms with van der Waals surface area (Å²) in [6.45, 7) is 3.89. The predicted octanol–water partition coefficient (Wildman–Crippen LogP) is 3.70. The molecule has 0 radical (unpaired) electrons. The molecular weight excluding hydrogens is 276 g/mol. The third-order valence-electron chi connectivity index (χ3n) is 3.67. The Balaban J connectivity index is 2.14. The fourth-order valence-electron chi connectivity index (χ4n) is 2.47. The summed E-state index contributed by atoms with van der Waals surface area (Å²) >= 11 is 0. The average Bonchev–Trinajstić information content (AvgIpc) is 2.54. The molecule has 0 saturated heterocycles. The van der Waals surface area contributed by atoms with Gasteiger partial charge in [0, 0.05) is 11.6 Å². The van der Waals surface area contributed by atoms with Gasteiger partial charge in [-0.15, -0.1) is 0 Å². The van der Waals surface area contributed by atoms with E-state index in [1.807, 2.05) is 50.4 Å². The van der Waals surface area contributed by atoms with Crippen LogP contribution in [0.25, 0.3) is 22.0 Å². The Hall–Kier alpha value is -2.75. The molecule has 0 aliphatic carbocycles. The first-order valence-electron chi connectivity index (χ1n) is 7.01. The molecule has 0 atom stereocenters. The highest BCUT2D eigenvalue weighted by molar-refractivity contribution is 5.92. The van der Waals surface area contributed by atoms with E-state index in [1.165, 1.54) is 7.11 Å². The van der Waals surface area contributed by atoms with Gasteiger partial charge >= 0.3 is 5.97 Å². The van der Waals surface area contributed by atoms with Gasteiger partial charge in [-0.05, 0) is 54.8 Å². The summed E-state index contributed by atoms with van der Waals surface area (Å²) in [7, 11) is 1.39. The van der Waals surface area contributed by atoms with Crippen molar-refractivity contribution in [1.29, 1.82) is 0 Å². The maximum absolute atomic E-state index is 11.7. The van der Waals surface area contributed by atoms with Crippen molar-refractivity contribution in [1.82, 2.24) is 9.97 Å². The van der Waals surface area contributed by atoms with Gasteiger partial charge in [0.2, 0.25) is 0 Å². The molecule has 0 saturated carbocycles. The number of esters is 1. The van der Waals surface area contributed by atoms with Gasteiger partial charge in [0.1, 0.15) is 5.82 Å². The highest BCUT2D eigenvalue weighted by atomic mass is 16.5. The molecule has 0 amide bonds. The van der Waals surface area contributed by atoms with Crippen LogP contribution in [0.5, 0.6) is 0 Å². The van der Waals surface area contributed by atoms with Crippen LogP contribution in [0, 0.1) is 13.8 Å². The van der Waals surface area contributed by atoms with E-state index in [0.29, 0.717) is 5.56 Å². The number of hydrogen-bond acceptors (Lipinski definition) is 4. The van der Waals surface area contributed by atoms with Gasteiger partial charge in [0.15, 0.2) is 0 Å². The first-order chi connectivity index (χ1) is 10.6. The number of methoxy groups -OCH3 is 1. The molecule has 0 aliphatic rings. The van der Waals surface area contributed by atoms with E-state index in [0.717, 1.165) is 33.4 Å². The lowest BCUT2D eigenvalue weighted by atomic mass is 9.97. The van der Waals surface area contributed by atoms with Crippen molar-refractivity contribution in [2.24, 2.45) is 0 Å². The Morgan fingerprint density at radius 2 is 1.91 bits per heavy atom. The van der Waals surface area contributed by atoms with Gasteiger partial charge in [-0.1, -0.05) is 12.1 Å². The van der Waals surface area contributed by atoms with Crippen LogP contribution in [0.4, 0.5) is 0 Å². The van der Waals surface area contributed by atoms with Gasteiger partial charge in [0.25, 0.3) is 0 Å². The lowest BCUT2D eigenvalue weighted by Crippen LogP contribution is -2.01. The molecule has 0 N–H and O–H groups in total. The Bertz CT molecular complexity index is 872. The Labute approximate surface area is 128 Å². The molecule has 0 unspecified atom stereocenters. The topological polar surface area (TPSA) is 52.1 Å². The van der Waals surface area contributed by atoms with Crippen LogP contribution < -0.4 is 0 Å². The third kappa shape index (κ3) is 2.55. The molecule has 3 rings (SSSR count). The minimum atomic E-state index is -0.332. The normalized spacial score (nSPS) is 10.7. The molecular formula is C18H16N2O2. The summed E-state index contributed by atoms with van der Waals surface area (Å²) in [6, 6.07) is 11.6. The number of carbonyl (C=O) groups excluding carboxylic acids is 1. The number of aromatic nitrogens is 2. The van der Waals surface area contributed by atoms with E-state index in [4.69, 9.17) is 4.74 Å². The molecule has 110 valence electrons. The molecule has 0 bridgehead atoms. The maximum atomic E-state index is 11.7. The van der Waals surface area contributed by atoms with Crippen molar-refractivity contribution in [3.8, 4) is 11.1 Å². The van der Waals surface area contributed by atoms with Crippen molar-refractivity contribution < 1.29 is 9.53 Å².